The summed E-state index contributed by atoms with van der Waals surface area (Å²) in [6, 6.07) is 10.9. The number of hydrogen-bond donors (Lipinski definition) is 0. The lowest BCUT2D eigenvalue weighted by Crippen LogP contribution is -2.11. The van der Waals surface area contributed by atoms with Gasteiger partial charge in [0.25, 0.3) is 0 Å². The van der Waals surface area contributed by atoms with Gasteiger partial charge in [0.1, 0.15) is 4.90 Å². The van der Waals surface area contributed by atoms with Crippen molar-refractivity contribution in [3.8, 4) is 5.75 Å². The van der Waals surface area contributed by atoms with E-state index in [9.17, 15) is 21.6 Å². The Balaban J connectivity index is 2.32. The van der Waals surface area contributed by atoms with E-state index in [0.717, 1.165) is 11.6 Å². The molecular weight excluding hydrogens is 337 g/mol. The summed E-state index contributed by atoms with van der Waals surface area (Å²) in [5.74, 6) is -0.356. The normalized spacial score (nSPS) is 12.2. The molecule has 0 N–H and O–H groups in total. The first-order valence-electron chi connectivity index (χ1n) is 6.03. The van der Waals surface area contributed by atoms with Crippen molar-refractivity contribution >= 4 is 21.9 Å². The molecule has 0 saturated carbocycles. The summed E-state index contributed by atoms with van der Waals surface area (Å²) in [5.41, 5.74) is -3.68. The highest BCUT2D eigenvalue weighted by Gasteiger charge is 2.31. The second kappa shape index (κ2) is 6.21. The van der Waals surface area contributed by atoms with Crippen LogP contribution in [0, 0.1) is 6.92 Å². The lowest BCUT2D eigenvalue weighted by Gasteiger charge is -2.12. The van der Waals surface area contributed by atoms with Crippen molar-refractivity contribution in [3.63, 3.8) is 0 Å². The van der Waals surface area contributed by atoms with Crippen molar-refractivity contribution in [2.75, 3.05) is 0 Å². The fourth-order valence-electron chi connectivity index (χ4n) is 1.60. The lowest BCUT2D eigenvalue weighted by atomic mass is 10.2. The standard InChI is InChI=1S/C14H11F3O3S2/c1-10-6-8-11(9-7-10)22(18,19)20-12-4-2-3-5-13(12)21-14(15,16)17/h2-9H,1H3. The summed E-state index contributed by atoms with van der Waals surface area (Å²) in [4.78, 5) is -0.435. The maximum atomic E-state index is 12.5. The largest absolute Gasteiger partial charge is 0.446 e. The predicted molar refractivity (Wildman–Crippen MR) is 77.3 cm³/mol. The van der Waals surface area contributed by atoms with E-state index in [4.69, 9.17) is 4.18 Å². The molecule has 0 radical (unpaired) electrons. The SMILES string of the molecule is Cc1ccc(S(=O)(=O)Oc2ccccc2SC(F)(F)F)cc1. The van der Waals surface area contributed by atoms with Gasteiger partial charge in [-0.3, -0.25) is 0 Å². The molecule has 0 atom stereocenters. The van der Waals surface area contributed by atoms with Crippen LogP contribution >= 0.6 is 11.8 Å². The third kappa shape index (κ3) is 4.41. The van der Waals surface area contributed by atoms with Crippen LogP contribution in [-0.4, -0.2) is 13.9 Å². The topological polar surface area (TPSA) is 43.4 Å². The van der Waals surface area contributed by atoms with E-state index >= 15 is 0 Å². The Hall–Kier alpha value is -1.67. The number of halogens is 3. The first-order chi connectivity index (χ1) is 10.2. The summed E-state index contributed by atoms with van der Waals surface area (Å²) in [7, 11) is -4.19. The molecule has 2 rings (SSSR count). The van der Waals surface area contributed by atoms with Crippen LogP contribution in [0.5, 0.6) is 5.75 Å². The molecule has 0 aromatic heterocycles. The Morgan fingerprint density at radius 2 is 1.59 bits per heavy atom. The van der Waals surface area contributed by atoms with Crippen molar-refractivity contribution in [1.29, 1.82) is 0 Å². The number of benzene rings is 2. The van der Waals surface area contributed by atoms with Gasteiger partial charge in [0.15, 0.2) is 5.75 Å². The van der Waals surface area contributed by atoms with Crippen molar-refractivity contribution in [2.45, 2.75) is 22.2 Å². The Labute approximate surface area is 130 Å². The van der Waals surface area contributed by atoms with E-state index in [-0.39, 0.29) is 15.5 Å². The van der Waals surface area contributed by atoms with Crippen LogP contribution in [0.4, 0.5) is 13.2 Å². The minimum absolute atomic E-state index is 0.120. The third-order valence-corrected chi connectivity index (χ3v) is 4.62. The average molecular weight is 348 g/mol. The first-order valence-corrected chi connectivity index (χ1v) is 8.26. The Bertz CT molecular complexity index is 754. The number of alkyl halides is 3. The number of para-hydroxylation sites is 1. The van der Waals surface area contributed by atoms with Gasteiger partial charge in [0.2, 0.25) is 0 Å². The van der Waals surface area contributed by atoms with Gasteiger partial charge in [-0.2, -0.15) is 21.6 Å². The monoisotopic (exact) mass is 348 g/mol. The fraction of sp³-hybridized carbons (Fsp3) is 0.143. The van der Waals surface area contributed by atoms with Crippen molar-refractivity contribution in [1.82, 2.24) is 0 Å². The predicted octanol–water partition coefficient (Wildman–Crippen LogP) is 4.37. The summed E-state index contributed by atoms with van der Waals surface area (Å²) in [6.07, 6.45) is 0. The second-order valence-corrected chi connectivity index (χ2v) is 7.00. The molecule has 0 unspecified atom stereocenters. The molecule has 0 amide bonds. The van der Waals surface area contributed by atoms with Gasteiger partial charge in [0.05, 0.1) is 4.90 Å². The summed E-state index contributed by atoms with van der Waals surface area (Å²) < 4.78 is 66.5. The zero-order valence-electron chi connectivity index (χ0n) is 11.3. The van der Waals surface area contributed by atoms with Gasteiger partial charge in [0, 0.05) is 0 Å². The molecule has 3 nitrogen and oxygen atoms in total. The average Bonchev–Trinajstić information content (AvgIpc) is 2.39. The third-order valence-electron chi connectivity index (χ3n) is 2.58. The molecule has 2 aromatic carbocycles. The zero-order valence-corrected chi connectivity index (χ0v) is 12.9. The minimum Gasteiger partial charge on any atom is -0.378 e. The molecule has 0 spiro atoms. The van der Waals surface area contributed by atoms with Crippen LogP contribution in [-0.2, 0) is 10.1 Å². The van der Waals surface area contributed by atoms with Crippen LogP contribution in [0.1, 0.15) is 5.56 Å². The van der Waals surface area contributed by atoms with Crippen molar-refractivity contribution in [3.05, 3.63) is 54.1 Å². The molecule has 0 saturated heterocycles. The Morgan fingerprint density at radius 3 is 2.18 bits per heavy atom. The minimum atomic E-state index is -4.53. The highest BCUT2D eigenvalue weighted by Crippen LogP contribution is 2.41. The number of aryl methyl sites for hydroxylation is 1. The van der Waals surface area contributed by atoms with Gasteiger partial charge in [-0.1, -0.05) is 29.8 Å². The summed E-state index contributed by atoms with van der Waals surface area (Å²) in [6.45, 7) is 1.78. The van der Waals surface area contributed by atoms with E-state index < -0.39 is 27.4 Å². The number of hydrogen-bond acceptors (Lipinski definition) is 4. The van der Waals surface area contributed by atoms with E-state index in [2.05, 4.69) is 0 Å². The highest BCUT2D eigenvalue weighted by atomic mass is 32.2. The Kier molecular flexibility index (Phi) is 4.72. The van der Waals surface area contributed by atoms with Gasteiger partial charge in [-0.25, -0.2) is 0 Å². The van der Waals surface area contributed by atoms with Crippen LogP contribution in [0.2, 0.25) is 0 Å². The quantitative estimate of drug-likeness (QED) is 0.608. The van der Waals surface area contributed by atoms with E-state index in [0.29, 0.717) is 0 Å². The van der Waals surface area contributed by atoms with Crippen LogP contribution in [0.25, 0.3) is 0 Å². The molecule has 8 heteroatoms. The van der Waals surface area contributed by atoms with Crippen LogP contribution in [0.15, 0.2) is 58.3 Å². The van der Waals surface area contributed by atoms with Gasteiger partial charge >= 0.3 is 15.6 Å². The van der Waals surface area contributed by atoms with E-state index in [1.165, 1.54) is 30.3 Å². The molecular formula is C14H11F3O3S2. The molecule has 22 heavy (non-hydrogen) atoms. The van der Waals surface area contributed by atoms with Crippen molar-refractivity contribution < 1.29 is 25.8 Å². The van der Waals surface area contributed by atoms with E-state index in [1.807, 2.05) is 0 Å². The second-order valence-electron chi connectivity index (χ2n) is 4.35. The van der Waals surface area contributed by atoms with Gasteiger partial charge < -0.3 is 4.18 Å². The lowest BCUT2D eigenvalue weighted by molar-refractivity contribution is -0.0328. The first kappa shape index (κ1) is 16.7. The Morgan fingerprint density at radius 1 is 1.00 bits per heavy atom. The van der Waals surface area contributed by atoms with Crippen LogP contribution < -0.4 is 4.18 Å². The molecule has 118 valence electrons. The van der Waals surface area contributed by atoms with Crippen molar-refractivity contribution in [2.24, 2.45) is 0 Å². The fourth-order valence-corrected chi connectivity index (χ4v) is 3.21. The number of rotatable bonds is 4. The molecule has 0 aliphatic heterocycles. The molecule has 2 aromatic rings. The van der Waals surface area contributed by atoms with Gasteiger partial charge in [-0.05, 0) is 43.0 Å². The van der Waals surface area contributed by atoms with Gasteiger partial charge in [-0.15, -0.1) is 0 Å². The summed E-state index contributed by atoms with van der Waals surface area (Å²) >= 11 is -0.424. The van der Waals surface area contributed by atoms with Crippen LogP contribution in [0.3, 0.4) is 0 Å². The molecule has 0 aliphatic rings. The molecule has 0 fully saturated rings. The maximum Gasteiger partial charge on any atom is 0.446 e. The highest BCUT2D eigenvalue weighted by molar-refractivity contribution is 8.00. The molecule has 0 heterocycles. The molecule has 0 bridgehead atoms. The summed E-state index contributed by atoms with van der Waals surface area (Å²) in [5, 5.41) is 0. The molecule has 0 aliphatic carbocycles. The maximum absolute atomic E-state index is 12.5. The van der Waals surface area contributed by atoms with E-state index in [1.54, 1.807) is 19.1 Å². The zero-order chi connectivity index (χ0) is 16.4. The smallest absolute Gasteiger partial charge is 0.378 e. The number of thioether (sulfide) groups is 1.